The van der Waals surface area contributed by atoms with Crippen molar-refractivity contribution >= 4 is 10.8 Å². The number of benzene rings is 1. The highest BCUT2D eigenvalue weighted by molar-refractivity contribution is 7.85. The molecule has 0 amide bonds. The van der Waals surface area contributed by atoms with Crippen LogP contribution in [0.4, 0.5) is 0 Å². The van der Waals surface area contributed by atoms with Crippen molar-refractivity contribution in [3.8, 4) is 5.75 Å². The summed E-state index contributed by atoms with van der Waals surface area (Å²) in [4.78, 5) is 0. The summed E-state index contributed by atoms with van der Waals surface area (Å²) in [6.45, 7) is 4.71. The third-order valence-corrected chi connectivity index (χ3v) is 4.43. The molecule has 3 nitrogen and oxygen atoms in total. The van der Waals surface area contributed by atoms with Gasteiger partial charge in [-0.2, -0.15) is 0 Å². The van der Waals surface area contributed by atoms with Crippen LogP contribution in [-0.4, -0.2) is 22.3 Å². The highest BCUT2D eigenvalue weighted by Crippen LogP contribution is 2.24. The van der Waals surface area contributed by atoms with E-state index in [-0.39, 0.29) is 6.04 Å². The summed E-state index contributed by atoms with van der Waals surface area (Å²) in [5.41, 5.74) is 7.11. The summed E-state index contributed by atoms with van der Waals surface area (Å²) in [5, 5.41) is 0. The molecule has 4 heteroatoms. The summed E-state index contributed by atoms with van der Waals surface area (Å²) in [6.07, 6.45) is 3.30. The minimum absolute atomic E-state index is 0.217. The Morgan fingerprint density at radius 1 is 1.26 bits per heavy atom. The van der Waals surface area contributed by atoms with E-state index in [4.69, 9.17) is 10.5 Å². The molecular formula is C15H25NO2S. The van der Waals surface area contributed by atoms with Crippen LogP contribution in [0, 0.1) is 0 Å². The minimum atomic E-state index is -0.845. The van der Waals surface area contributed by atoms with Crippen molar-refractivity contribution in [3.63, 3.8) is 0 Å². The van der Waals surface area contributed by atoms with Crippen molar-refractivity contribution < 1.29 is 8.95 Å². The molecule has 1 aromatic carbocycles. The number of nitrogens with two attached hydrogens (primary N) is 1. The Hall–Kier alpha value is -0.870. The molecule has 0 fully saturated rings. The topological polar surface area (TPSA) is 52.3 Å². The second-order valence-corrected chi connectivity index (χ2v) is 6.22. The van der Waals surface area contributed by atoms with Crippen molar-refractivity contribution in [1.29, 1.82) is 0 Å². The van der Waals surface area contributed by atoms with Crippen LogP contribution < -0.4 is 10.5 Å². The maximum Gasteiger partial charge on any atom is 0.124 e. The average molecular weight is 283 g/mol. The number of rotatable bonds is 9. The number of ether oxygens (including phenoxy) is 1. The fourth-order valence-electron chi connectivity index (χ4n) is 1.96. The zero-order chi connectivity index (χ0) is 14.1. The van der Waals surface area contributed by atoms with Gasteiger partial charge in [0.25, 0.3) is 0 Å². The Morgan fingerprint density at radius 3 is 2.68 bits per heavy atom. The van der Waals surface area contributed by atoms with Gasteiger partial charge in [-0.25, -0.2) is 0 Å². The largest absolute Gasteiger partial charge is 0.494 e. The van der Waals surface area contributed by atoms with Gasteiger partial charge in [-0.3, -0.25) is 4.21 Å². The van der Waals surface area contributed by atoms with Crippen LogP contribution in [0.3, 0.4) is 0 Å². The Kier molecular flexibility index (Phi) is 7.75. The Balaban J connectivity index is 2.57. The van der Waals surface area contributed by atoms with Gasteiger partial charge in [0.2, 0.25) is 0 Å². The van der Waals surface area contributed by atoms with Crippen molar-refractivity contribution in [2.75, 3.05) is 18.1 Å². The first kappa shape index (κ1) is 16.2. The quantitative estimate of drug-likeness (QED) is 0.709. The SMILES string of the molecule is CCCCCS(=O)CC(N)c1ccccc1OCC. The summed E-state index contributed by atoms with van der Waals surface area (Å²) in [6, 6.07) is 7.53. The molecule has 1 rings (SSSR count). The zero-order valence-corrected chi connectivity index (χ0v) is 12.7. The van der Waals surface area contributed by atoms with Crippen molar-refractivity contribution in [2.24, 2.45) is 5.73 Å². The first-order valence-corrected chi connectivity index (χ1v) is 8.50. The van der Waals surface area contributed by atoms with E-state index in [1.54, 1.807) is 0 Å². The zero-order valence-electron chi connectivity index (χ0n) is 11.9. The van der Waals surface area contributed by atoms with Gasteiger partial charge in [-0.15, -0.1) is 0 Å². The van der Waals surface area contributed by atoms with Crippen LogP contribution in [0.1, 0.15) is 44.7 Å². The molecule has 0 aliphatic rings. The van der Waals surface area contributed by atoms with Gasteiger partial charge < -0.3 is 10.5 Å². The van der Waals surface area contributed by atoms with Gasteiger partial charge in [0.15, 0.2) is 0 Å². The summed E-state index contributed by atoms with van der Waals surface area (Å²) < 4.78 is 17.5. The van der Waals surface area contributed by atoms with E-state index >= 15 is 0 Å². The van der Waals surface area contributed by atoms with E-state index in [9.17, 15) is 4.21 Å². The third kappa shape index (κ3) is 5.74. The van der Waals surface area contributed by atoms with Crippen LogP contribution in [-0.2, 0) is 10.8 Å². The molecule has 2 N–H and O–H groups in total. The van der Waals surface area contributed by atoms with Gasteiger partial charge in [-0.1, -0.05) is 38.0 Å². The predicted octanol–water partition coefficient (Wildman–Crippen LogP) is 3.02. The third-order valence-electron chi connectivity index (χ3n) is 2.96. The lowest BCUT2D eigenvalue weighted by atomic mass is 10.1. The van der Waals surface area contributed by atoms with Crippen LogP contribution in [0.2, 0.25) is 0 Å². The van der Waals surface area contributed by atoms with Crippen LogP contribution in [0.15, 0.2) is 24.3 Å². The molecule has 0 saturated heterocycles. The molecule has 0 aromatic heterocycles. The fraction of sp³-hybridized carbons (Fsp3) is 0.600. The lowest BCUT2D eigenvalue weighted by Crippen LogP contribution is -2.20. The van der Waals surface area contributed by atoms with Gasteiger partial charge in [-0.05, 0) is 19.4 Å². The summed E-state index contributed by atoms with van der Waals surface area (Å²) >= 11 is 0. The first-order valence-electron chi connectivity index (χ1n) is 7.01. The molecule has 19 heavy (non-hydrogen) atoms. The smallest absolute Gasteiger partial charge is 0.124 e. The van der Waals surface area contributed by atoms with Gasteiger partial charge >= 0.3 is 0 Å². The van der Waals surface area contributed by atoms with Crippen LogP contribution >= 0.6 is 0 Å². The number of hydrogen-bond acceptors (Lipinski definition) is 3. The number of unbranched alkanes of at least 4 members (excludes halogenated alkanes) is 2. The monoisotopic (exact) mass is 283 g/mol. The Bertz CT molecular complexity index is 395. The maximum atomic E-state index is 12.0. The Morgan fingerprint density at radius 2 is 2.00 bits per heavy atom. The number of hydrogen-bond donors (Lipinski definition) is 1. The molecule has 2 unspecified atom stereocenters. The first-order chi connectivity index (χ1) is 9.19. The number of para-hydroxylation sites is 1. The van der Waals surface area contributed by atoms with E-state index in [2.05, 4.69) is 6.92 Å². The highest BCUT2D eigenvalue weighted by Gasteiger charge is 2.14. The molecule has 1 aromatic rings. The predicted molar refractivity (Wildman–Crippen MR) is 81.9 cm³/mol. The van der Waals surface area contributed by atoms with Crippen LogP contribution in [0.5, 0.6) is 5.75 Å². The van der Waals surface area contributed by atoms with Gasteiger partial charge in [0, 0.05) is 33.9 Å². The second-order valence-electron chi connectivity index (χ2n) is 4.60. The van der Waals surface area contributed by atoms with Gasteiger partial charge in [0.1, 0.15) is 5.75 Å². The van der Waals surface area contributed by atoms with Gasteiger partial charge in [0.05, 0.1) is 6.61 Å². The van der Waals surface area contributed by atoms with Crippen molar-refractivity contribution in [2.45, 2.75) is 39.2 Å². The molecule has 2 atom stereocenters. The highest BCUT2D eigenvalue weighted by atomic mass is 32.2. The molecule has 0 radical (unpaired) electrons. The van der Waals surface area contributed by atoms with E-state index in [0.29, 0.717) is 12.4 Å². The lowest BCUT2D eigenvalue weighted by Gasteiger charge is -2.16. The normalized spacial score (nSPS) is 14.1. The van der Waals surface area contributed by atoms with Crippen molar-refractivity contribution in [3.05, 3.63) is 29.8 Å². The second kappa shape index (κ2) is 9.10. The maximum absolute atomic E-state index is 12.0. The minimum Gasteiger partial charge on any atom is -0.494 e. The molecule has 0 aliphatic heterocycles. The molecule has 108 valence electrons. The molecule has 0 bridgehead atoms. The van der Waals surface area contributed by atoms with E-state index < -0.39 is 10.8 Å². The fourth-order valence-corrected chi connectivity index (χ4v) is 3.23. The molecule has 0 heterocycles. The van der Waals surface area contributed by atoms with E-state index in [1.807, 2.05) is 31.2 Å². The Labute approximate surface area is 119 Å². The molecule has 0 aliphatic carbocycles. The molecule has 0 spiro atoms. The summed E-state index contributed by atoms with van der Waals surface area (Å²) in [5.74, 6) is 2.06. The standard InChI is InChI=1S/C15H25NO2S/c1-3-5-8-11-19(17)12-14(16)13-9-6-7-10-15(13)18-4-2/h6-7,9-10,14H,3-5,8,11-12,16H2,1-2H3. The van der Waals surface area contributed by atoms with E-state index in [1.165, 1.54) is 0 Å². The molecule has 0 saturated carbocycles. The molecular weight excluding hydrogens is 258 g/mol. The average Bonchev–Trinajstić information content (AvgIpc) is 2.40. The van der Waals surface area contributed by atoms with Crippen molar-refractivity contribution in [1.82, 2.24) is 0 Å². The van der Waals surface area contributed by atoms with E-state index in [0.717, 1.165) is 36.3 Å². The lowest BCUT2D eigenvalue weighted by molar-refractivity contribution is 0.335. The van der Waals surface area contributed by atoms with Crippen LogP contribution in [0.25, 0.3) is 0 Å². The summed E-state index contributed by atoms with van der Waals surface area (Å²) in [7, 11) is -0.845.